The van der Waals surface area contributed by atoms with Crippen LogP contribution in [0.5, 0.6) is 0 Å². The van der Waals surface area contributed by atoms with Crippen molar-refractivity contribution in [3.63, 3.8) is 0 Å². The van der Waals surface area contributed by atoms with Crippen molar-refractivity contribution < 1.29 is 18.8 Å². The van der Waals surface area contributed by atoms with Gasteiger partial charge in [0.2, 0.25) is 5.78 Å². The number of ether oxygens (including phenoxy) is 1. The number of carbonyl (C=O) groups excluding carboxylic acids is 2. The van der Waals surface area contributed by atoms with Crippen molar-refractivity contribution in [3.8, 4) is 0 Å². The van der Waals surface area contributed by atoms with Crippen LogP contribution in [0.25, 0.3) is 0 Å². The lowest BCUT2D eigenvalue weighted by molar-refractivity contribution is -0.938. The molecular formula is C14H19N2O3S+. The number of nitrogens with zero attached hydrogens (tertiary/aromatic N) is 2. The fourth-order valence-corrected chi connectivity index (χ4v) is 4.09. The lowest BCUT2D eigenvalue weighted by Crippen LogP contribution is -2.65. The molecule has 0 spiro atoms. The van der Waals surface area contributed by atoms with Crippen molar-refractivity contribution in [3.05, 3.63) is 16.6 Å². The Kier molecular flexibility index (Phi) is 3.60. The molecular weight excluding hydrogens is 276 g/mol. The quantitative estimate of drug-likeness (QED) is 0.480. The Labute approximate surface area is 122 Å². The van der Waals surface area contributed by atoms with E-state index in [4.69, 9.17) is 4.74 Å². The van der Waals surface area contributed by atoms with E-state index in [9.17, 15) is 9.59 Å². The molecule has 2 bridgehead atoms. The second-order valence-electron chi connectivity index (χ2n) is 5.88. The maximum Gasteiger partial charge on any atom is 0.303 e. The molecule has 3 fully saturated rings. The van der Waals surface area contributed by atoms with Gasteiger partial charge in [-0.3, -0.25) is 9.59 Å². The summed E-state index contributed by atoms with van der Waals surface area (Å²) >= 11 is 1.40. The molecule has 3 aliphatic heterocycles. The number of hydrogen-bond donors (Lipinski definition) is 0. The standard InChI is InChI=1S/C14H19N2O3S/c1-10(17)19-13-9-16(5-2-11(13)3-6-16)8-12(18)14-15-4-7-20-14/h4,7,11,13H,2-3,5-6,8-9H2,1H3/q+1. The Bertz CT molecular complexity index is 506. The average Bonchev–Trinajstić information content (AvgIpc) is 2.92. The van der Waals surface area contributed by atoms with Crippen molar-refractivity contribution >= 4 is 23.1 Å². The van der Waals surface area contributed by atoms with Gasteiger partial charge in [0.15, 0.2) is 11.1 Å². The van der Waals surface area contributed by atoms with E-state index < -0.39 is 0 Å². The first-order valence-corrected chi connectivity index (χ1v) is 7.91. The number of fused-ring (bicyclic) bond motifs is 3. The van der Waals surface area contributed by atoms with Gasteiger partial charge < -0.3 is 9.22 Å². The van der Waals surface area contributed by atoms with E-state index in [0.29, 0.717) is 17.5 Å². The molecule has 0 aliphatic carbocycles. The Morgan fingerprint density at radius 3 is 2.80 bits per heavy atom. The molecule has 3 saturated heterocycles. The molecule has 0 saturated carbocycles. The Hall–Kier alpha value is -1.27. The van der Waals surface area contributed by atoms with Crippen LogP contribution >= 0.6 is 11.3 Å². The SMILES string of the molecule is CC(=O)OC1C[N+]2(CC(=O)c3nccs3)CCC1CC2. The first kappa shape index (κ1) is 13.7. The molecule has 4 rings (SSSR count). The highest BCUT2D eigenvalue weighted by molar-refractivity contribution is 7.11. The average molecular weight is 295 g/mol. The zero-order chi connectivity index (χ0) is 14.2. The van der Waals surface area contributed by atoms with Crippen LogP contribution in [0.4, 0.5) is 0 Å². The number of ketones is 1. The van der Waals surface area contributed by atoms with Gasteiger partial charge in [-0.25, -0.2) is 4.98 Å². The number of piperidine rings is 3. The number of aromatic nitrogens is 1. The van der Waals surface area contributed by atoms with E-state index >= 15 is 0 Å². The van der Waals surface area contributed by atoms with Crippen LogP contribution in [0.15, 0.2) is 11.6 Å². The Balaban J connectivity index is 1.71. The highest BCUT2D eigenvalue weighted by atomic mass is 32.1. The monoisotopic (exact) mass is 295 g/mol. The van der Waals surface area contributed by atoms with Crippen molar-refractivity contribution in [2.45, 2.75) is 25.9 Å². The van der Waals surface area contributed by atoms with E-state index in [1.807, 2.05) is 5.38 Å². The lowest BCUT2D eigenvalue weighted by atomic mass is 9.83. The van der Waals surface area contributed by atoms with E-state index in [1.54, 1.807) is 6.20 Å². The third-order valence-electron chi connectivity index (χ3n) is 4.51. The van der Waals surface area contributed by atoms with Crippen LogP contribution in [0.1, 0.15) is 29.6 Å². The molecule has 0 N–H and O–H groups in total. The van der Waals surface area contributed by atoms with Crippen LogP contribution in [-0.2, 0) is 9.53 Å². The van der Waals surface area contributed by atoms with Crippen molar-refractivity contribution in [2.24, 2.45) is 5.92 Å². The molecule has 0 radical (unpaired) electrons. The summed E-state index contributed by atoms with van der Waals surface area (Å²) in [5.41, 5.74) is 0. The van der Waals surface area contributed by atoms with Crippen LogP contribution in [-0.4, -0.2) is 53.5 Å². The molecule has 1 unspecified atom stereocenters. The second kappa shape index (κ2) is 5.26. The lowest BCUT2D eigenvalue weighted by Gasteiger charge is -2.51. The fraction of sp³-hybridized carbons (Fsp3) is 0.643. The molecule has 3 aliphatic rings. The third kappa shape index (κ3) is 2.62. The highest BCUT2D eigenvalue weighted by Gasteiger charge is 2.48. The van der Waals surface area contributed by atoms with Crippen LogP contribution in [0.2, 0.25) is 0 Å². The maximum atomic E-state index is 12.3. The molecule has 4 heterocycles. The number of Topliss-reactive ketones (excluding diaryl/α,β-unsaturated/α-hetero) is 1. The van der Waals surface area contributed by atoms with Gasteiger partial charge >= 0.3 is 5.97 Å². The van der Waals surface area contributed by atoms with Crippen LogP contribution in [0.3, 0.4) is 0 Å². The van der Waals surface area contributed by atoms with E-state index in [-0.39, 0.29) is 17.9 Å². The predicted molar refractivity (Wildman–Crippen MR) is 74.5 cm³/mol. The molecule has 6 heteroatoms. The van der Waals surface area contributed by atoms with Crippen molar-refractivity contribution in [1.82, 2.24) is 4.98 Å². The molecule has 1 aromatic heterocycles. The van der Waals surface area contributed by atoms with Gasteiger partial charge in [-0.1, -0.05) is 0 Å². The summed E-state index contributed by atoms with van der Waals surface area (Å²) in [5.74, 6) is 0.379. The summed E-state index contributed by atoms with van der Waals surface area (Å²) in [6.45, 7) is 4.75. The fourth-order valence-electron chi connectivity index (χ4n) is 3.52. The molecule has 0 amide bonds. The Morgan fingerprint density at radius 2 is 2.20 bits per heavy atom. The maximum absolute atomic E-state index is 12.3. The van der Waals surface area contributed by atoms with Crippen LogP contribution in [0, 0.1) is 5.92 Å². The van der Waals surface area contributed by atoms with Gasteiger partial charge in [0, 0.05) is 37.3 Å². The normalized spacial score (nSPS) is 32.0. The smallest absolute Gasteiger partial charge is 0.303 e. The van der Waals surface area contributed by atoms with E-state index in [0.717, 1.165) is 37.0 Å². The summed E-state index contributed by atoms with van der Waals surface area (Å²) in [6.07, 6.45) is 3.74. The molecule has 0 aromatic carbocycles. The number of thiazole rings is 1. The molecule has 20 heavy (non-hydrogen) atoms. The summed E-state index contributed by atoms with van der Waals surface area (Å²) < 4.78 is 6.20. The third-order valence-corrected chi connectivity index (χ3v) is 5.32. The minimum absolute atomic E-state index is 0.0147. The zero-order valence-corrected chi connectivity index (χ0v) is 12.4. The molecule has 1 atom stereocenters. The van der Waals surface area contributed by atoms with Gasteiger partial charge in [0.05, 0.1) is 13.1 Å². The molecule has 108 valence electrons. The first-order valence-electron chi connectivity index (χ1n) is 7.03. The molecule has 5 nitrogen and oxygen atoms in total. The minimum Gasteiger partial charge on any atom is -0.456 e. The van der Waals surface area contributed by atoms with Gasteiger partial charge in [-0.2, -0.15) is 0 Å². The molecule has 1 aromatic rings. The van der Waals surface area contributed by atoms with Gasteiger partial charge in [0.25, 0.3) is 0 Å². The summed E-state index contributed by atoms with van der Waals surface area (Å²) in [6, 6.07) is 0. The first-order chi connectivity index (χ1) is 9.58. The summed E-state index contributed by atoms with van der Waals surface area (Å²) in [5, 5.41) is 2.42. The number of rotatable bonds is 4. The number of quaternary nitrogens is 1. The van der Waals surface area contributed by atoms with Crippen molar-refractivity contribution in [2.75, 3.05) is 26.2 Å². The second-order valence-corrected chi connectivity index (χ2v) is 6.77. The van der Waals surface area contributed by atoms with E-state index in [2.05, 4.69) is 4.98 Å². The number of esters is 1. The largest absolute Gasteiger partial charge is 0.456 e. The van der Waals surface area contributed by atoms with Gasteiger partial charge in [0.1, 0.15) is 13.1 Å². The topological polar surface area (TPSA) is 56.3 Å². The summed E-state index contributed by atoms with van der Waals surface area (Å²) in [7, 11) is 0. The predicted octanol–water partition coefficient (Wildman–Crippen LogP) is 1.50. The minimum atomic E-state index is -0.215. The van der Waals surface area contributed by atoms with E-state index in [1.165, 1.54) is 18.3 Å². The van der Waals surface area contributed by atoms with Crippen molar-refractivity contribution in [1.29, 1.82) is 0 Å². The zero-order valence-electron chi connectivity index (χ0n) is 11.6. The highest BCUT2D eigenvalue weighted by Crippen LogP contribution is 2.35. The van der Waals surface area contributed by atoms with Crippen LogP contribution < -0.4 is 0 Å². The Morgan fingerprint density at radius 1 is 1.45 bits per heavy atom. The summed E-state index contributed by atoms with van der Waals surface area (Å²) in [4.78, 5) is 27.6. The van der Waals surface area contributed by atoms with Gasteiger partial charge in [-0.05, 0) is 0 Å². The number of carbonyl (C=O) groups is 2. The van der Waals surface area contributed by atoms with Gasteiger partial charge in [-0.15, -0.1) is 11.3 Å². The number of hydrogen-bond acceptors (Lipinski definition) is 5.